The van der Waals surface area contributed by atoms with E-state index in [1.807, 2.05) is 6.92 Å². The van der Waals surface area contributed by atoms with Crippen LogP contribution in [-0.2, 0) is 4.79 Å². The molecule has 30 heavy (non-hydrogen) atoms. The van der Waals surface area contributed by atoms with E-state index in [1.165, 1.54) is 6.42 Å². The van der Waals surface area contributed by atoms with Crippen LogP contribution in [-0.4, -0.2) is 24.3 Å². The van der Waals surface area contributed by atoms with Gasteiger partial charge in [-0.2, -0.15) is 0 Å². The van der Waals surface area contributed by atoms with Gasteiger partial charge in [-0.3, -0.25) is 25.2 Å². The van der Waals surface area contributed by atoms with E-state index in [4.69, 9.17) is 4.74 Å². The van der Waals surface area contributed by atoms with Crippen molar-refractivity contribution >= 4 is 23.4 Å². The highest BCUT2D eigenvalue weighted by Gasteiger charge is 2.21. The molecule has 3 N–H and O–H groups in total. The molecule has 2 aromatic rings. The highest BCUT2D eigenvalue weighted by atomic mass is 16.5. The Hall–Kier alpha value is -3.35. The van der Waals surface area contributed by atoms with E-state index >= 15 is 0 Å². The molecule has 2 aromatic carbocycles. The van der Waals surface area contributed by atoms with Gasteiger partial charge in [0.1, 0.15) is 5.75 Å². The Morgan fingerprint density at radius 1 is 0.833 bits per heavy atom. The van der Waals surface area contributed by atoms with Gasteiger partial charge < -0.3 is 10.1 Å². The SMILES string of the molecule is CCOc1ccc(C(=O)NNC(=O)c2ccc(NC(=O)C3CCCCC3)cc2)cc1. The van der Waals surface area contributed by atoms with Gasteiger partial charge in [0.2, 0.25) is 5.91 Å². The summed E-state index contributed by atoms with van der Waals surface area (Å²) in [5, 5.41) is 2.91. The van der Waals surface area contributed by atoms with E-state index in [0.29, 0.717) is 29.2 Å². The summed E-state index contributed by atoms with van der Waals surface area (Å²) in [6.45, 7) is 2.43. The Labute approximate surface area is 176 Å². The quantitative estimate of drug-likeness (QED) is 0.634. The first kappa shape index (κ1) is 21.4. The molecule has 0 aromatic heterocycles. The number of carbonyl (C=O) groups is 3. The fraction of sp³-hybridized carbons (Fsp3) is 0.348. The first-order valence-electron chi connectivity index (χ1n) is 10.3. The lowest BCUT2D eigenvalue weighted by Gasteiger charge is -2.20. The first-order valence-corrected chi connectivity index (χ1v) is 10.3. The highest BCUT2D eigenvalue weighted by Crippen LogP contribution is 2.25. The number of rotatable bonds is 6. The minimum Gasteiger partial charge on any atom is -0.494 e. The minimum atomic E-state index is -0.445. The summed E-state index contributed by atoms with van der Waals surface area (Å²) in [4.78, 5) is 36.7. The molecule has 3 amide bonds. The molecule has 0 spiro atoms. The van der Waals surface area contributed by atoms with Gasteiger partial charge in [-0.15, -0.1) is 0 Å². The van der Waals surface area contributed by atoms with Gasteiger partial charge >= 0.3 is 0 Å². The molecule has 0 saturated heterocycles. The topological polar surface area (TPSA) is 96.5 Å². The van der Waals surface area contributed by atoms with Crippen molar-refractivity contribution in [2.75, 3.05) is 11.9 Å². The molecule has 1 fully saturated rings. The number of carbonyl (C=O) groups excluding carboxylic acids is 3. The third-order valence-corrected chi connectivity index (χ3v) is 5.11. The van der Waals surface area contributed by atoms with Crippen LogP contribution in [0.15, 0.2) is 48.5 Å². The molecule has 7 nitrogen and oxygen atoms in total. The number of hydrazine groups is 1. The van der Waals surface area contributed by atoms with Crippen LogP contribution in [0.4, 0.5) is 5.69 Å². The number of anilines is 1. The van der Waals surface area contributed by atoms with Crippen molar-refractivity contribution in [1.82, 2.24) is 10.9 Å². The molecule has 158 valence electrons. The maximum Gasteiger partial charge on any atom is 0.269 e. The van der Waals surface area contributed by atoms with Gasteiger partial charge in [0, 0.05) is 22.7 Å². The number of nitrogens with one attached hydrogen (secondary N) is 3. The monoisotopic (exact) mass is 409 g/mol. The number of benzene rings is 2. The second-order valence-corrected chi connectivity index (χ2v) is 7.27. The summed E-state index contributed by atoms with van der Waals surface area (Å²) in [7, 11) is 0. The van der Waals surface area contributed by atoms with Crippen molar-refractivity contribution in [2.45, 2.75) is 39.0 Å². The van der Waals surface area contributed by atoms with Crippen molar-refractivity contribution in [3.63, 3.8) is 0 Å². The molecule has 7 heteroatoms. The molecule has 1 aliphatic carbocycles. The Kier molecular flexibility index (Phi) is 7.43. The summed E-state index contributed by atoms with van der Waals surface area (Å²) in [6.07, 6.45) is 5.25. The fourth-order valence-electron chi connectivity index (χ4n) is 3.44. The van der Waals surface area contributed by atoms with E-state index in [2.05, 4.69) is 16.2 Å². The van der Waals surface area contributed by atoms with Crippen LogP contribution in [0, 0.1) is 5.92 Å². The van der Waals surface area contributed by atoms with E-state index in [-0.39, 0.29) is 11.8 Å². The van der Waals surface area contributed by atoms with Crippen LogP contribution in [0.3, 0.4) is 0 Å². The van der Waals surface area contributed by atoms with Crippen LogP contribution in [0.1, 0.15) is 59.7 Å². The second kappa shape index (κ2) is 10.4. The van der Waals surface area contributed by atoms with Crippen molar-refractivity contribution in [3.05, 3.63) is 59.7 Å². The molecule has 3 rings (SSSR count). The van der Waals surface area contributed by atoms with E-state index < -0.39 is 11.8 Å². The summed E-state index contributed by atoms with van der Waals surface area (Å²) in [5.41, 5.74) is 6.21. The van der Waals surface area contributed by atoms with E-state index in [1.54, 1.807) is 48.5 Å². The van der Waals surface area contributed by atoms with Crippen LogP contribution < -0.4 is 20.9 Å². The van der Waals surface area contributed by atoms with Crippen LogP contribution in [0.2, 0.25) is 0 Å². The number of ether oxygens (including phenoxy) is 1. The average molecular weight is 409 g/mol. The van der Waals surface area contributed by atoms with Crippen molar-refractivity contribution in [1.29, 1.82) is 0 Å². The summed E-state index contributed by atoms with van der Waals surface area (Å²) >= 11 is 0. The normalized spacial score (nSPS) is 13.9. The van der Waals surface area contributed by atoms with Crippen molar-refractivity contribution in [3.8, 4) is 5.75 Å². The van der Waals surface area contributed by atoms with Crippen LogP contribution >= 0.6 is 0 Å². The maximum atomic E-state index is 12.3. The summed E-state index contributed by atoms with van der Waals surface area (Å²) in [6, 6.07) is 13.2. The largest absolute Gasteiger partial charge is 0.494 e. The molecular formula is C23H27N3O4. The number of amides is 3. The standard InChI is InChI=1S/C23H27N3O4/c1-2-30-20-14-10-18(11-15-20)23(29)26-25-22(28)17-8-12-19(13-9-17)24-21(27)16-6-4-3-5-7-16/h8-16H,2-7H2,1H3,(H,24,27)(H,25,28)(H,26,29). The number of hydrogen-bond donors (Lipinski definition) is 3. The Morgan fingerprint density at radius 3 is 1.90 bits per heavy atom. The molecule has 1 saturated carbocycles. The molecule has 0 heterocycles. The molecule has 0 bridgehead atoms. The van der Waals surface area contributed by atoms with Gasteiger partial charge in [-0.05, 0) is 68.3 Å². The predicted octanol–water partition coefficient (Wildman–Crippen LogP) is 3.68. The maximum absolute atomic E-state index is 12.3. The lowest BCUT2D eigenvalue weighted by Crippen LogP contribution is -2.41. The lowest BCUT2D eigenvalue weighted by atomic mass is 9.88. The fourth-order valence-corrected chi connectivity index (χ4v) is 3.44. The van der Waals surface area contributed by atoms with E-state index in [9.17, 15) is 14.4 Å². The van der Waals surface area contributed by atoms with Gasteiger partial charge in [-0.1, -0.05) is 19.3 Å². The van der Waals surface area contributed by atoms with E-state index in [0.717, 1.165) is 25.7 Å². The molecule has 1 aliphatic rings. The van der Waals surface area contributed by atoms with Crippen LogP contribution in [0.5, 0.6) is 5.75 Å². The second-order valence-electron chi connectivity index (χ2n) is 7.27. The Morgan fingerprint density at radius 2 is 1.37 bits per heavy atom. The third kappa shape index (κ3) is 5.83. The molecule has 0 aliphatic heterocycles. The lowest BCUT2D eigenvalue weighted by molar-refractivity contribution is -0.120. The first-order chi connectivity index (χ1) is 14.6. The number of hydrogen-bond acceptors (Lipinski definition) is 4. The van der Waals surface area contributed by atoms with Crippen molar-refractivity contribution in [2.24, 2.45) is 5.92 Å². The molecule has 0 unspecified atom stereocenters. The molecule has 0 atom stereocenters. The molecule has 0 radical (unpaired) electrons. The zero-order valence-corrected chi connectivity index (χ0v) is 17.1. The van der Waals surface area contributed by atoms with Crippen molar-refractivity contribution < 1.29 is 19.1 Å². The van der Waals surface area contributed by atoms with Gasteiger partial charge in [0.15, 0.2) is 0 Å². The predicted molar refractivity (Wildman–Crippen MR) is 114 cm³/mol. The summed E-state index contributed by atoms with van der Waals surface area (Å²) < 4.78 is 5.34. The summed E-state index contributed by atoms with van der Waals surface area (Å²) in [5.74, 6) is -0.0926. The Balaban J connectivity index is 1.49. The zero-order chi connectivity index (χ0) is 21.3. The highest BCUT2D eigenvalue weighted by molar-refractivity contribution is 5.99. The van der Waals surface area contributed by atoms with Gasteiger partial charge in [0.05, 0.1) is 6.61 Å². The van der Waals surface area contributed by atoms with Gasteiger partial charge in [0.25, 0.3) is 11.8 Å². The third-order valence-electron chi connectivity index (χ3n) is 5.11. The Bertz CT molecular complexity index is 872. The zero-order valence-electron chi connectivity index (χ0n) is 17.1. The van der Waals surface area contributed by atoms with Crippen LogP contribution in [0.25, 0.3) is 0 Å². The average Bonchev–Trinajstić information content (AvgIpc) is 2.79. The minimum absolute atomic E-state index is 0.0366. The smallest absolute Gasteiger partial charge is 0.269 e. The molecular weight excluding hydrogens is 382 g/mol. The van der Waals surface area contributed by atoms with Gasteiger partial charge in [-0.25, -0.2) is 0 Å².